The highest BCUT2D eigenvalue weighted by atomic mass is 14.9. The van der Waals surface area contributed by atoms with Crippen molar-refractivity contribution in [1.29, 1.82) is 0 Å². The van der Waals surface area contributed by atoms with E-state index in [0.717, 1.165) is 12.6 Å². The molecule has 0 saturated heterocycles. The van der Waals surface area contributed by atoms with Crippen LogP contribution < -0.4 is 5.32 Å². The third-order valence-electron chi connectivity index (χ3n) is 3.68. The molecule has 1 N–H and O–H groups in total. The second-order valence-electron chi connectivity index (χ2n) is 5.73. The molecule has 0 radical (unpaired) electrons. The molecule has 0 unspecified atom stereocenters. The van der Waals surface area contributed by atoms with Crippen LogP contribution in [0.5, 0.6) is 0 Å². The lowest BCUT2D eigenvalue weighted by Gasteiger charge is -2.07. The first kappa shape index (κ1) is 12.4. The molecule has 2 aromatic carbocycles. The van der Waals surface area contributed by atoms with Gasteiger partial charge < -0.3 is 5.32 Å². The van der Waals surface area contributed by atoms with E-state index in [-0.39, 0.29) is 0 Å². The summed E-state index contributed by atoms with van der Waals surface area (Å²) in [5.74, 6) is 0. The Kier molecular flexibility index (Phi) is 3.39. The first-order valence-electron chi connectivity index (χ1n) is 7.12. The Morgan fingerprint density at radius 3 is 2.11 bits per heavy atom. The maximum Gasteiger partial charge on any atom is 0.0208 e. The maximum atomic E-state index is 3.55. The molecule has 0 atom stereocenters. The lowest BCUT2D eigenvalue weighted by Crippen LogP contribution is -2.14. The monoisotopic (exact) mass is 251 g/mol. The molecular weight excluding hydrogens is 230 g/mol. The summed E-state index contributed by atoms with van der Waals surface area (Å²) in [6.07, 6.45) is 2.70. The van der Waals surface area contributed by atoms with Gasteiger partial charge in [-0.05, 0) is 43.4 Å². The van der Waals surface area contributed by atoms with Crippen molar-refractivity contribution in [2.24, 2.45) is 0 Å². The zero-order chi connectivity index (χ0) is 13.2. The van der Waals surface area contributed by atoms with Gasteiger partial charge in [0.15, 0.2) is 0 Å². The van der Waals surface area contributed by atoms with Crippen molar-refractivity contribution in [2.45, 2.75) is 39.3 Å². The van der Waals surface area contributed by atoms with E-state index in [4.69, 9.17) is 0 Å². The van der Waals surface area contributed by atoms with Crippen LogP contribution in [-0.2, 0) is 6.54 Å². The molecule has 3 rings (SSSR count). The van der Waals surface area contributed by atoms with E-state index in [1.54, 1.807) is 0 Å². The molecule has 0 aromatic heterocycles. The zero-order valence-electron chi connectivity index (χ0n) is 11.7. The number of rotatable bonds is 4. The number of aryl methyl sites for hydroxylation is 2. The lowest BCUT2D eigenvalue weighted by molar-refractivity contribution is 0.688. The van der Waals surface area contributed by atoms with E-state index >= 15 is 0 Å². The highest BCUT2D eigenvalue weighted by molar-refractivity contribution is 5.65. The number of benzene rings is 2. The van der Waals surface area contributed by atoms with Crippen LogP contribution in [0.25, 0.3) is 11.1 Å². The normalized spacial score (nSPS) is 14.6. The predicted molar refractivity (Wildman–Crippen MR) is 81.2 cm³/mol. The van der Waals surface area contributed by atoms with Crippen molar-refractivity contribution < 1.29 is 0 Å². The number of hydrogen-bond acceptors (Lipinski definition) is 1. The Labute approximate surface area is 115 Å². The van der Waals surface area contributed by atoms with E-state index in [0.29, 0.717) is 0 Å². The van der Waals surface area contributed by atoms with Gasteiger partial charge in [-0.25, -0.2) is 0 Å². The second kappa shape index (κ2) is 5.18. The van der Waals surface area contributed by atoms with Crippen LogP contribution in [0.1, 0.15) is 29.5 Å². The summed E-state index contributed by atoms with van der Waals surface area (Å²) in [4.78, 5) is 0. The molecule has 2 aromatic rings. The largest absolute Gasteiger partial charge is 0.310 e. The fraction of sp³-hybridized carbons (Fsp3) is 0.333. The highest BCUT2D eigenvalue weighted by Crippen LogP contribution is 2.23. The minimum atomic E-state index is 0.777. The van der Waals surface area contributed by atoms with Crippen LogP contribution in [-0.4, -0.2) is 6.04 Å². The lowest BCUT2D eigenvalue weighted by atomic mass is 10.00. The Hall–Kier alpha value is -1.60. The zero-order valence-corrected chi connectivity index (χ0v) is 11.7. The fourth-order valence-electron chi connectivity index (χ4n) is 2.51. The summed E-state index contributed by atoms with van der Waals surface area (Å²) in [6, 6.07) is 16.5. The van der Waals surface area contributed by atoms with Crippen molar-refractivity contribution in [1.82, 2.24) is 5.32 Å². The molecule has 1 fully saturated rings. The smallest absolute Gasteiger partial charge is 0.0208 e. The van der Waals surface area contributed by atoms with Crippen LogP contribution >= 0.6 is 0 Å². The van der Waals surface area contributed by atoms with Gasteiger partial charge in [-0.1, -0.05) is 53.6 Å². The Balaban J connectivity index is 1.76. The second-order valence-corrected chi connectivity index (χ2v) is 5.73. The van der Waals surface area contributed by atoms with Gasteiger partial charge in [-0.3, -0.25) is 0 Å². The van der Waals surface area contributed by atoms with E-state index < -0.39 is 0 Å². The molecule has 0 spiro atoms. The van der Waals surface area contributed by atoms with Crippen molar-refractivity contribution in [3.05, 3.63) is 59.2 Å². The van der Waals surface area contributed by atoms with Crippen molar-refractivity contribution in [2.75, 3.05) is 0 Å². The first-order chi connectivity index (χ1) is 9.20. The molecule has 0 aliphatic heterocycles. The van der Waals surface area contributed by atoms with E-state index in [9.17, 15) is 0 Å². The first-order valence-corrected chi connectivity index (χ1v) is 7.12. The highest BCUT2D eigenvalue weighted by Gasteiger charge is 2.19. The van der Waals surface area contributed by atoms with E-state index in [1.165, 1.54) is 40.7 Å². The molecular formula is C18H21N. The average Bonchev–Trinajstić information content (AvgIpc) is 3.20. The molecule has 0 heterocycles. The maximum absolute atomic E-state index is 3.55. The van der Waals surface area contributed by atoms with Gasteiger partial charge in [0.1, 0.15) is 0 Å². The van der Waals surface area contributed by atoms with Crippen molar-refractivity contribution >= 4 is 0 Å². The van der Waals surface area contributed by atoms with Crippen LogP contribution in [0.15, 0.2) is 42.5 Å². The Morgan fingerprint density at radius 1 is 0.895 bits per heavy atom. The molecule has 1 saturated carbocycles. The number of nitrogens with one attached hydrogen (secondary N) is 1. The third-order valence-corrected chi connectivity index (χ3v) is 3.68. The van der Waals surface area contributed by atoms with Gasteiger partial charge >= 0.3 is 0 Å². The SMILES string of the molecule is Cc1cc(C)cc(-c2ccc(CNC3CC3)cc2)c1. The van der Waals surface area contributed by atoms with Crippen molar-refractivity contribution in [3.63, 3.8) is 0 Å². The molecule has 1 nitrogen and oxygen atoms in total. The quantitative estimate of drug-likeness (QED) is 0.857. The molecule has 1 aliphatic rings. The Morgan fingerprint density at radius 2 is 1.53 bits per heavy atom. The predicted octanol–water partition coefficient (Wildman–Crippen LogP) is 4.22. The molecule has 0 amide bonds. The third kappa shape index (κ3) is 3.24. The molecule has 19 heavy (non-hydrogen) atoms. The average molecular weight is 251 g/mol. The van der Waals surface area contributed by atoms with Crippen LogP contribution in [0.2, 0.25) is 0 Å². The summed E-state index contributed by atoms with van der Waals surface area (Å²) in [7, 11) is 0. The van der Waals surface area contributed by atoms with E-state index in [1.807, 2.05) is 0 Å². The summed E-state index contributed by atoms with van der Waals surface area (Å²) >= 11 is 0. The fourth-order valence-corrected chi connectivity index (χ4v) is 2.51. The molecule has 98 valence electrons. The van der Waals surface area contributed by atoms with Gasteiger partial charge in [-0.15, -0.1) is 0 Å². The summed E-state index contributed by atoms with van der Waals surface area (Å²) in [6.45, 7) is 5.31. The molecule has 1 heteroatoms. The summed E-state index contributed by atoms with van der Waals surface area (Å²) in [5.41, 5.74) is 6.66. The summed E-state index contributed by atoms with van der Waals surface area (Å²) in [5, 5.41) is 3.55. The van der Waals surface area contributed by atoms with Gasteiger partial charge in [0, 0.05) is 12.6 Å². The van der Waals surface area contributed by atoms with Crippen molar-refractivity contribution in [3.8, 4) is 11.1 Å². The molecule has 0 bridgehead atoms. The van der Waals surface area contributed by atoms with E-state index in [2.05, 4.69) is 61.6 Å². The van der Waals surface area contributed by atoms with Gasteiger partial charge in [0.05, 0.1) is 0 Å². The van der Waals surface area contributed by atoms with Crippen LogP contribution in [0.4, 0.5) is 0 Å². The van der Waals surface area contributed by atoms with Gasteiger partial charge in [-0.2, -0.15) is 0 Å². The van der Waals surface area contributed by atoms with Gasteiger partial charge in [0.25, 0.3) is 0 Å². The van der Waals surface area contributed by atoms with Crippen LogP contribution in [0.3, 0.4) is 0 Å². The topological polar surface area (TPSA) is 12.0 Å². The Bertz CT molecular complexity index is 544. The minimum Gasteiger partial charge on any atom is -0.310 e. The molecule has 1 aliphatic carbocycles. The standard InChI is InChI=1S/C18H21N/c1-13-9-14(2)11-17(10-13)16-5-3-15(4-6-16)12-19-18-7-8-18/h3-6,9-11,18-19H,7-8,12H2,1-2H3. The van der Waals surface area contributed by atoms with Crippen LogP contribution in [0, 0.1) is 13.8 Å². The minimum absolute atomic E-state index is 0.777. The van der Waals surface area contributed by atoms with Gasteiger partial charge in [0.2, 0.25) is 0 Å². The summed E-state index contributed by atoms with van der Waals surface area (Å²) < 4.78 is 0. The number of hydrogen-bond donors (Lipinski definition) is 1.